The Morgan fingerprint density at radius 3 is 2.23 bits per heavy atom. The maximum Gasteiger partial charge on any atom is 0.224 e. The van der Waals surface area contributed by atoms with Crippen LogP contribution in [0.5, 0.6) is 0 Å². The zero-order chi connectivity index (χ0) is 16.1. The summed E-state index contributed by atoms with van der Waals surface area (Å²) >= 11 is 6.71. The molecule has 2 aromatic carbocycles. The van der Waals surface area contributed by atoms with E-state index in [1.54, 1.807) is 12.1 Å². The average molecular weight is 425 g/mol. The highest BCUT2D eigenvalue weighted by Gasteiger charge is 2.10. The molecular weight excluding hydrogens is 410 g/mol. The summed E-state index contributed by atoms with van der Waals surface area (Å²) in [5, 5.41) is 2.83. The van der Waals surface area contributed by atoms with Crippen molar-refractivity contribution in [2.75, 3.05) is 5.32 Å². The quantitative estimate of drug-likeness (QED) is 0.677. The molecule has 0 aliphatic heterocycles. The zero-order valence-electron chi connectivity index (χ0n) is 12.0. The lowest BCUT2D eigenvalue weighted by Gasteiger charge is -2.08. The fourth-order valence-electron chi connectivity index (χ4n) is 1.99. The van der Waals surface area contributed by atoms with E-state index in [2.05, 4.69) is 37.2 Å². The molecule has 0 aromatic heterocycles. The van der Waals surface area contributed by atoms with Crippen LogP contribution >= 0.6 is 31.9 Å². The van der Waals surface area contributed by atoms with Crippen LogP contribution in [-0.4, -0.2) is 11.7 Å². The van der Waals surface area contributed by atoms with E-state index >= 15 is 0 Å². The number of ketones is 1. The second kappa shape index (κ2) is 7.70. The summed E-state index contributed by atoms with van der Waals surface area (Å²) in [5.41, 5.74) is 2.36. The maximum atomic E-state index is 12.0. The van der Waals surface area contributed by atoms with Crippen LogP contribution in [0, 0.1) is 6.92 Å². The van der Waals surface area contributed by atoms with E-state index in [1.165, 1.54) is 0 Å². The topological polar surface area (TPSA) is 46.2 Å². The normalized spacial score (nSPS) is 10.3. The third-order valence-electron chi connectivity index (χ3n) is 3.21. The molecule has 0 spiro atoms. The molecule has 0 radical (unpaired) electrons. The van der Waals surface area contributed by atoms with Gasteiger partial charge in [0.1, 0.15) is 0 Å². The number of halogens is 2. The smallest absolute Gasteiger partial charge is 0.224 e. The summed E-state index contributed by atoms with van der Waals surface area (Å²) in [6.07, 6.45) is 0.368. The van der Waals surface area contributed by atoms with E-state index in [1.807, 2.05) is 37.3 Å². The summed E-state index contributed by atoms with van der Waals surface area (Å²) in [6, 6.07) is 12.8. The molecule has 1 N–H and O–H groups in total. The molecule has 114 valence electrons. The van der Waals surface area contributed by atoms with E-state index < -0.39 is 0 Å². The first-order chi connectivity index (χ1) is 10.5. The van der Waals surface area contributed by atoms with E-state index in [4.69, 9.17) is 0 Å². The van der Waals surface area contributed by atoms with Crippen molar-refractivity contribution in [3.05, 3.63) is 62.5 Å². The van der Waals surface area contributed by atoms with Crippen molar-refractivity contribution >= 4 is 49.2 Å². The molecular formula is C17H15Br2NO2. The molecule has 0 atom stereocenters. The van der Waals surface area contributed by atoms with Crippen molar-refractivity contribution in [3.8, 4) is 0 Å². The molecule has 5 heteroatoms. The van der Waals surface area contributed by atoms with Crippen molar-refractivity contribution in [2.24, 2.45) is 0 Å². The minimum Gasteiger partial charge on any atom is -0.326 e. The maximum absolute atomic E-state index is 12.0. The summed E-state index contributed by atoms with van der Waals surface area (Å²) in [7, 11) is 0. The number of Topliss-reactive ketones (excluding diaryl/α,β-unsaturated/α-hetero) is 1. The summed E-state index contributed by atoms with van der Waals surface area (Å²) in [5.74, 6) is -0.189. The van der Waals surface area contributed by atoms with Gasteiger partial charge < -0.3 is 5.32 Å². The Morgan fingerprint density at radius 1 is 0.955 bits per heavy atom. The van der Waals surface area contributed by atoms with Crippen LogP contribution in [-0.2, 0) is 4.79 Å². The number of hydrogen-bond acceptors (Lipinski definition) is 2. The number of carbonyl (C=O) groups is 2. The predicted octanol–water partition coefficient (Wildman–Crippen LogP) is 5.12. The number of nitrogens with one attached hydrogen (secondary N) is 1. The summed E-state index contributed by atoms with van der Waals surface area (Å²) in [6.45, 7) is 1.92. The van der Waals surface area contributed by atoms with Gasteiger partial charge in [0, 0.05) is 33.0 Å². The number of aryl methyl sites for hydroxylation is 1. The highest BCUT2D eigenvalue weighted by Crippen LogP contribution is 2.20. The third kappa shape index (κ3) is 4.78. The van der Waals surface area contributed by atoms with Gasteiger partial charge in [-0.25, -0.2) is 0 Å². The van der Waals surface area contributed by atoms with Gasteiger partial charge in [-0.2, -0.15) is 0 Å². The molecule has 0 bridgehead atoms. The molecule has 3 nitrogen and oxygen atoms in total. The van der Waals surface area contributed by atoms with Gasteiger partial charge in [0.05, 0.1) is 0 Å². The standard InChI is InChI=1S/C17H15Br2NO2/c1-11-10-14(19)6-7-15(11)20-17(22)9-8-16(21)12-2-4-13(18)5-3-12/h2-7,10H,8-9H2,1H3,(H,20,22). The monoisotopic (exact) mass is 423 g/mol. The Balaban J connectivity index is 1.89. The first-order valence-corrected chi connectivity index (χ1v) is 8.39. The van der Waals surface area contributed by atoms with Crippen LogP contribution in [0.1, 0.15) is 28.8 Å². The predicted molar refractivity (Wildman–Crippen MR) is 95.2 cm³/mol. The van der Waals surface area contributed by atoms with Crippen molar-refractivity contribution in [1.29, 1.82) is 0 Å². The van der Waals surface area contributed by atoms with E-state index in [9.17, 15) is 9.59 Å². The number of carbonyl (C=O) groups excluding carboxylic acids is 2. The van der Waals surface area contributed by atoms with Gasteiger partial charge in [-0.3, -0.25) is 9.59 Å². The van der Waals surface area contributed by atoms with Gasteiger partial charge in [-0.05, 0) is 42.8 Å². The molecule has 0 fully saturated rings. The fourth-order valence-corrected chi connectivity index (χ4v) is 2.73. The van der Waals surface area contributed by atoms with Gasteiger partial charge in [-0.1, -0.05) is 44.0 Å². The lowest BCUT2D eigenvalue weighted by Crippen LogP contribution is -2.14. The van der Waals surface area contributed by atoms with Crippen LogP contribution in [0.2, 0.25) is 0 Å². The Bertz CT molecular complexity index is 696. The van der Waals surface area contributed by atoms with Crippen molar-refractivity contribution in [3.63, 3.8) is 0 Å². The highest BCUT2D eigenvalue weighted by molar-refractivity contribution is 9.10. The molecule has 0 unspecified atom stereocenters. The van der Waals surface area contributed by atoms with Gasteiger partial charge in [0.2, 0.25) is 5.91 Å². The minimum absolute atomic E-state index is 0.0322. The number of amides is 1. The lowest BCUT2D eigenvalue weighted by molar-refractivity contribution is -0.116. The Labute approximate surface area is 146 Å². The van der Waals surface area contributed by atoms with Gasteiger partial charge in [0.15, 0.2) is 5.78 Å². The van der Waals surface area contributed by atoms with E-state index in [0.717, 1.165) is 20.2 Å². The molecule has 0 aliphatic rings. The third-order valence-corrected chi connectivity index (χ3v) is 4.23. The fraction of sp³-hybridized carbons (Fsp3) is 0.176. The SMILES string of the molecule is Cc1cc(Br)ccc1NC(=O)CCC(=O)c1ccc(Br)cc1. The van der Waals surface area contributed by atoms with Gasteiger partial charge in [-0.15, -0.1) is 0 Å². The first kappa shape index (κ1) is 16.9. The summed E-state index contributed by atoms with van der Waals surface area (Å²) < 4.78 is 1.89. The first-order valence-electron chi connectivity index (χ1n) is 6.80. The van der Waals surface area contributed by atoms with E-state index in [-0.39, 0.29) is 24.5 Å². The second-order valence-electron chi connectivity index (χ2n) is 4.94. The molecule has 0 saturated heterocycles. The molecule has 0 aliphatic carbocycles. The molecule has 2 aromatic rings. The Kier molecular flexibility index (Phi) is 5.91. The number of rotatable bonds is 5. The molecule has 22 heavy (non-hydrogen) atoms. The van der Waals surface area contributed by atoms with Crippen LogP contribution in [0.3, 0.4) is 0 Å². The van der Waals surface area contributed by atoms with Gasteiger partial charge >= 0.3 is 0 Å². The Hall–Kier alpha value is -1.46. The Morgan fingerprint density at radius 2 is 1.59 bits per heavy atom. The number of anilines is 1. The van der Waals surface area contributed by atoms with Crippen molar-refractivity contribution in [1.82, 2.24) is 0 Å². The second-order valence-corrected chi connectivity index (χ2v) is 6.77. The number of benzene rings is 2. The molecule has 0 heterocycles. The number of hydrogen-bond donors (Lipinski definition) is 1. The minimum atomic E-state index is -0.157. The highest BCUT2D eigenvalue weighted by atomic mass is 79.9. The van der Waals surface area contributed by atoms with Crippen molar-refractivity contribution in [2.45, 2.75) is 19.8 Å². The van der Waals surface area contributed by atoms with Crippen molar-refractivity contribution < 1.29 is 9.59 Å². The van der Waals surface area contributed by atoms with Crippen LogP contribution < -0.4 is 5.32 Å². The lowest BCUT2D eigenvalue weighted by atomic mass is 10.1. The molecule has 2 rings (SSSR count). The summed E-state index contributed by atoms with van der Waals surface area (Å²) in [4.78, 5) is 24.0. The van der Waals surface area contributed by atoms with E-state index in [0.29, 0.717) is 5.56 Å². The van der Waals surface area contributed by atoms with Crippen LogP contribution in [0.15, 0.2) is 51.4 Å². The van der Waals surface area contributed by atoms with Crippen LogP contribution in [0.25, 0.3) is 0 Å². The largest absolute Gasteiger partial charge is 0.326 e. The van der Waals surface area contributed by atoms with Crippen LogP contribution in [0.4, 0.5) is 5.69 Å². The van der Waals surface area contributed by atoms with Gasteiger partial charge in [0.25, 0.3) is 0 Å². The zero-order valence-corrected chi connectivity index (χ0v) is 15.2. The average Bonchev–Trinajstić information content (AvgIpc) is 2.48. The molecule has 1 amide bonds. The molecule has 0 saturated carbocycles.